The van der Waals surface area contributed by atoms with Crippen LogP contribution >= 0.6 is 11.6 Å². The van der Waals surface area contributed by atoms with Gasteiger partial charge in [0.05, 0.1) is 16.3 Å². The van der Waals surface area contributed by atoms with E-state index in [1.54, 1.807) is 24.3 Å². The molecule has 0 spiro atoms. The highest BCUT2D eigenvalue weighted by Crippen LogP contribution is 2.27. The van der Waals surface area contributed by atoms with Crippen molar-refractivity contribution in [1.29, 1.82) is 0 Å². The quantitative estimate of drug-likeness (QED) is 0.576. The SMILES string of the molecule is O=C(c1ccccc1OCc1ccc(F)cc1)N1CCN(c2ccccc2Cl)CC1. The molecule has 0 radical (unpaired) electrons. The maximum absolute atomic E-state index is 13.1. The Balaban J connectivity index is 1.41. The van der Waals surface area contributed by atoms with Crippen LogP contribution in [0.15, 0.2) is 72.8 Å². The largest absolute Gasteiger partial charge is 0.488 e. The molecule has 1 saturated heterocycles. The first-order chi connectivity index (χ1) is 14.6. The number of carbonyl (C=O) groups is 1. The zero-order chi connectivity index (χ0) is 20.9. The highest BCUT2D eigenvalue weighted by molar-refractivity contribution is 6.33. The van der Waals surface area contributed by atoms with Gasteiger partial charge in [0.2, 0.25) is 0 Å². The van der Waals surface area contributed by atoms with Gasteiger partial charge in [-0.3, -0.25) is 4.79 Å². The monoisotopic (exact) mass is 424 g/mol. The molecule has 0 saturated carbocycles. The van der Waals surface area contributed by atoms with Crippen LogP contribution in [0.1, 0.15) is 15.9 Å². The van der Waals surface area contributed by atoms with Gasteiger partial charge < -0.3 is 14.5 Å². The molecule has 1 heterocycles. The van der Waals surface area contributed by atoms with Gasteiger partial charge in [0.1, 0.15) is 18.2 Å². The lowest BCUT2D eigenvalue weighted by atomic mass is 10.1. The molecule has 0 N–H and O–H groups in total. The molecule has 154 valence electrons. The van der Waals surface area contributed by atoms with E-state index in [1.807, 2.05) is 41.3 Å². The number of rotatable bonds is 5. The molecule has 0 atom stereocenters. The Morgan fingerprint density at radius 1 is 0.900 bits per heavy atom. The molecule has 1 amide bonds. The highest BCUT2D eigenvalue weighted by atomic mass is 35.5. The Kier molecular flexibility index (Phi) is 6.19. The number of carbonyl (C=O) groups excluding carboxylic acids is 1. The number of hydrogen-bond acceptors (Lipinski definition) is 3. The van der Waals surface area contributed by atoms with Gasteiger partial charge in [-0.15, -0.1) is 0 Å². The van der Waals surface area contributed by atoms with Gasteiger partial charge in [0, 0.05) is 26.2 Å². The summed E-state index contributed by atoms with van der Waals surface area (Å²) in [5.74, 6) is 0.189. The molecule has 1 fully saturated rings. The molecular weight excluding hydrogens is 403 g/mol. The minimum Gasteiger partial charge on any atom is -0.488 e. The predicted molar refractivity (Wildman–Crippen MR) is 117 cm³/mol. The van der Waals surface area contributed by atoms with Crippen LogP contribution in [0.4, 0.5) is 10.1 Å². The topological polar surface area (TPSA) is 32.8 Å². The number of nitrogens with zero attached hydrogens (tertiary/aromatic N) is 2. The first-order valence-corrected chi connectivity index (χ1v) is 10.2. The zero-order valence-corrected chi connectivity index (χ0v) is 17.2. The lowest BCUT2D eigenvalue weighted by Crippen LogP contribution is -2.49. The second kappa shape index (κ2) is 9.18. The minimum atomic E-state index is -0.287. The maximum atomic E-state index is 13.1. The first-order valence-electron chi connectivity index (χ1n) is 9.87. The number of ether oxygens (including phenoxy) is 1. The molecule has 6 heteroatoms. The van der Waals surface area contributed by atoms with Crippen molar-refractivity contribution in [2.45, 2.75) is 6.61 Å². The third-order valence-electron chi connectivity index (χ3n) is 5.19. The van der Waals surface area contributed by atoms with Crippen LogP contribution in [0.25, 0.3) is 0 Å². The Bertz CT molecular complexity index is 1020. The van der Waals surface area contributed by atoms with E-state index in [2.05, 4.69) is 4.90 Å². The van der Waals surface area contributed by atoms with Crippen molar-refractivity contribution in [2.24, 2.45) is 0 Å². The van der Waals surface area contributed by atoms with Crippen LogP contribution in [0.5, 0.6) is 5.75 Å². The summed E-state index contributed by atoms with van der Waals surface area (Å²) >= 11 is 6.31. The van der Waals surface area contributed by atoms with Crippen molar-refractivity contribution in [3.63, 3.8) is 0 Å². The van der Waals surface area contributed by atoms with E-state index in [-0.39, 0.29) is 18.3 Å². The van der Waals surface area contributed by atoms with E-state index in [0.717, 1.165) is 16.3 Å². The van der Waals surface area contributed by atoms with E-state index in [9.17, 15) is 9.18 Å². The number of para-hydroxylation sites is 2. The van der Waals surface area contributed by atoms with Crippen molar-refractivity contribution >= 4 is 23.2 Å². The molecule has 3 aromatic carbocycles. The molecule has 1 aliphatic rings. The molecule has 30 heavy (non-hydrogen) atoms. The summed E-state index contributed by atoms with van der Waals surface area (Å²) in [6.07, 6.45) is 0. The maximum Gasteiger partial charge on any atom is 0.257 e. The van der Waals surface area contributed by atoms with E-state index < -0.39 is 0 Å². The van der Waals surface area contributed by atoms with Crippen molar-refractivity contribution in [3.8, 4) is 5.75 Å². The molecule has 0 unspecified atom stereocenters. The third kappa shape index (κ3) is 4.57. The van der Waals surface area contributed by atoms with Gasteiger partial charge >= 0.3 is 0 Å². The van der Waals surface area contributed by atoms with Crippen LogP contribution < -0.4 is 9.64 Å². The van der Waals surface area contributed by atoms with Crippen LogP contribution in [0, 0.1) is 5.82 Å². The van der Waals surface area contributed by atoms with Crippen LogP contribution in [0.3, 0.4) is 0 Å². The number of benzene rings is 3. The number of piperazine rings is 1. The predicted octanol–water partition coefficient (Wildman–Crippen LogP) is 5.02. The zero-order valence-electron chi connectivity index (χ0n) is 16.4. The number of anilines is 1. The summed E-state index contributed by atoms with van der Waals surface area (Å²) < 4.78 is 19.0. The summed E-state index contributed by atoms with van der Waals surface area (Å²) in [7, 11) is 0. The summed E-state index contributed by atoms with van der Waals surface area (Å²) in [6, 6.07) is 21.1. The third-order valence-corrected chi connectivity index (χ3v) is 5.50. The fourth-order valence-electron chi connectivity index (χ4n) is 3.54. The lowest BCUT2D eigenvalue weighted by Gasteiger charge is -2.36. The van der Waals surface area contributed by atoms with E-state index in [4.69, 9.17) is 16.3 Å². The van der Waals surface area contributed by atoms with Gasteiger partial charge in [0.15, 0.2) is 0 Å². The standard InChI is InChI=1S/C24H22ClFN2O2/c25-21-6-2-3-7-22(21)27-13-15-28(16-14-27)24(29)20-5-1-4-8-23(20)30-17-18-9-11-19(26)12-10-18/h1-12H,13-17H2. The van der Waals surface area contributed by atoms with Crippen LogP contribution in [-0.2, 0) is 6.61 Å². The normalized spacial score (nSPS) is 13.9. The molecule has 0 aliphatic carbocycles. The smallest absolute Gasteiger partial charge is 0.257 e. The number of amides is 1. The van der Waals surface area contributed by atoms with Crippen molar-refractivity contribution in [3.05, 3.63) is 94.8 Å². The molecule has 3 aromatic rings. The first kappa shape index (κ1) is 20.2. The van der Waals surface area contributed by atoms with Crippen molar-refractivity contribution in [1.82, 2.24) is 4.90 Å². The summed E-state index contributed by atoms with van der Waals surface area (Å²) in [5.41, 5.74) is 2.37. The second-order valence-corrected chi connectivity index (χ2v) is 7.55. The van der Waals surface area contributed by atoms with Gasteiger partial charge in [0.25, 0.3) is 5.91 Å². The molecule has 4 nitrogen and oxygen atoms in total. The van der Waals surface area contributed by atoms with E-state index >= 15 is 0 Å². The van der Waals surface area contributed by atoms with E-state index in [1.165, 1.54) is 12.1 Å². The van der Waals surface area contributed by atoms with Gasteiger partial charge in [-0.25, -0.2) is 4.39 Å². The second-order valence-electron chi connectivity index (χ2n) is 7.14. The van der Waals surface area contributed by atoms with Gasteiger partial charge in [-0.05, 0) is 42.0 Å². The van der Waals surface area contributed by atoms with Crippen molar-refractivity contribution < 1.29 is 13.9 Å². The summed E-state index contributed by atoms with van der Waals surface area (Å²) in [6.45, 7) is 2.92. The molecule has 0 bridgehead atoms. The number of hydrogen-bond donors (Lipinski definition) is 0. The number of halogens is 2. The summed E-state index contributed by atoms with van der Waals surface area (Å²) in [4.78, 5) is 17.2. The Morgan fingerprint density at radius 3 is 2.30 bits per heavy atom. The lowest BCUT2D eigenvalue weighted by molar-refractivity contribution is 0.0742. The van der Waals surface area contributed by atoms with Gasteiger partial charge in [-0.2, -0.15) is 0 Å². The van der Waals surface area contributed by atoms with Crippen molar-refractivity contribution in [2.75, 3.05) is 31.1 Å². The van der Waals surface area contributed by atoms with Gasteiger partial charge in [-0.1, -0.05) is 48.0 Å². The minimum absolute atomic E-state index is 0.0523. The van der Waals surface area contributed by atoms with Crippen LogP contribution in [-0.4, -0.2) is 37.0 Å². The Labute approximate surface area is 180 Å². The molecule has 4 rings (SSSR count). The van der Waals surface area contributed by atoms with E-state index in [0.29, 0.717) is 37.5 Å². The molecule has 1 aliphatic heterocycles. The fourth-order valence-corrected chi connectivity index (χ4v) is 3.80. The average molecular weight is 425 g/mol. The fraction of sp³-hybridized carbons (Fsp3) is 0.208. The molecule has 0 aromatic heterocycles. The highest BCUT2D eigenvalue weighted by Gasteiger charge is 2.25. The average Bonchev–Trinajstić information content (AvgIpc) is 2.79. The molecular formula is C24H22ClFN2O2. The summed E-state index contributed by atoms with van der Waals surface area (Å²) in [5, 5.41) is 0.719. The Hall–Kier alpha value is -3.05. The van der Waals surface area contributed by atoms with Crippen LogP contribution in [0.2, 0.25) is 5.02 Å². The Morgan fingerprint density at radius 2 is 1.57 bits per heavy atom.